The van der Waals surface area contributed by atoms with Gasteiger partial charge < -0.3 is 14.6 Å². The molecule has 0 aromatic rings. The Morgan fingerprint density at radius 2 is 1.40 bits per heavy atom. The molecule has 3 heteroatoms. The third kappa shape index (κ3) is 8.23. The molecule has 1 heterocycles. The Bertz CT molecular complexity index is 224. The van der Waals surface area contributed by atoms with Crippen molar-refractivity contribution in [1.29, 1.82) is 0 Å². The first-order chi connectivity index (χ1) is 9.66. The van der Waals surface area contributed by atoms with Crippen molar-refractivity contribution in [2.75, 3.05) is 13.2 Å². The van der Waals surface area contributed by atoms with Crippen molar-refractivity contribution in [3.05, 3.63) is 0 Å². The molecule has 0 amide bonds. The second-order valence-corrected chi connectivity index (χ2v) is 6.31. The molecule has 1 fully saturated rings. The molecule has 0 saturated carbocycles. The van der Waals surface area contributed by atoms with Crippen LogP contribution in [0.25, 0.3) is 0 Å². The van der Waals surface area contributed by atoms with E-state index in [4.69, 9.17) is 9.47 Å². The topological polar surface area (TPSA) is 38.7 Å². The first-order valence-electron chi connectivity index (χ1n) is 8.62. The van der Waals surface area contributed by atoms with Gasteiger partial charge in [-0.3, -0.25) is 0 Å². The van der Waals surface area contributed by atoms with Gasteiger partial charge in [0.05, 0.1) is 19.3 Å². The molecule has 0 bridgehead atoms. The summed E-state index contributed by atoms with van der Waals surface area (Å²) in [5, 5.41) is 10.0. The molecule has 1 atom stereocenters. The molecule has 0 spiro atoms. The number of hydrogen-bond acceptors (Lipinski definition) is 3. The molecule has 1 aliphatic rings. The molecule has 1 aliphatic heterocycles. The molecule has 1 N–H and O–H groups in total. The lowest BCUT2D eigenvalue weighted by Crippen LogP contribution is -2.31. The van der Waals surface area contributed by atoms with Gasteiger partial charge in [-0.1, -0.05) is 64.7 Å². The van der Waals surface area contributed by atoms with E-state index in [-0.39, 0.29) is 6.10 Å². The number of hydrogen-bond donors (Lipinski definition) is 1. The van der Waals surface area contributed by atoms with E-state index in [2.05, 4.69) is 6.92 Å². The smallest absolute Gasteiger partial charge is 0.168 e. The van der Waals surface area contributed by atoms with E-state index in [9.17, 15) is 5.11 Å². The highest BCUT2D eigenvalue weighted by Gasteiger charge is 2.33. The average Bonchev–Trinajstić information content (AvgIpc) is 2.83. The first-order valence-corrected chi connectivity index (χ1v) is 8.62. The van der Waals surface area contributed by atoms with Crippen molar-refractivity contribution < 1.29 is 14.6 Å². The van der Waals surface area contributed by atoms with Crippen LogP contribution in [0.2, 0.25) is 0 Å². The molecule has 0 aromatic heterocycles. The molecule has 20 heavy (non-hydrogen) atoms. The number of rotatable bonds is 12. The SMILES string of the molecule is CCCCCCCCCCC[C@@H](O)CC1(C)OCCO1. The lowest BCUT2D eigenvalue weighted by Gasteiger charge is -2.25. The van der Waals surface area contributed by atoms with Crippen molar-refractivity contribution >= 4 is 0 Å². The Morgan fingerprint density at radius 3 is 1.95 bits per heavy atom. The maximum absolute atomic E-state index is 10.0. The van der Waals surface area contributed by atoms with E-state index in [0.29, 0.717) is 19.6 Å². The third-order valence-electron chi connectivity index (χ3n) is 4.15. The highest BCUT2D eigenvalue weighted by molar-refractivity contribution is 4.73. The van der Waals surface area contributed by atoms with Crippen LogP contribution in [-0.2, 0) is 9.47 Å². The Balaban J connectivity index is 1.88. The van der Waals surface area contributed by atoms with Crippen LogP contribution >= 0.6 is 0 Å². The first kappa shape index (κ1) is 17.9. The van der Waals surface area contributed by atoms with Crippen molar-refractivity contribution in [3.63, 3.8) is 0 Å². The van der Waals surface area contributed by atoms with Crippen LogP contribution in [0.4, 0.5) is 0 Å². The van der Waals surface area contributed by atoms with E-state index in [0.717, 1.165) is 12.8 Å². The largest absolute Gasteiger partial charge is 0.393 e. The Kier molecular flexibility index (Phi) is 9.49. The summed E-state index contributed by atoms with van der Waals surface area (Å²) in [7, 11) is 0. The maximum atomic E-state index is 10.0. The summed E-state index contributed by atoms with van der Waals surface area (Å²) in [4.78, 5) is 0. The fraction of sp³-hybridized carbons (Fsp3) is 1.00. The Hall–Kier alpha value is -0.120. The zero-order valence-electron chi connectivity index (χ0n) is 13.5. The minimum Gasteiger partial charge on any atom is -0.393 e. The molecule has 1 rings (SSSR count). The van der Waals surface area contributed by atoms with Gasteiger partial charge >= 0.3 is 0 Å². The summed E-state index contributed by atoms with van der Waals surface area (Å²) in [6.07, 6.45) is 13.1. The second kappa shape index (κ2) is 10.6. The number of unbranched alkanes of at least 4 members (excludes halogenated alkanes) is 8. The zero-order chi connectivity index (χ0) is 14.7. The molecule has 120 valence electrons. The maximum Gasteiger partial charge on any atom is 0.168 e. The zero-order valence-corrected chi connectivity index (χ0v) is 13.5. The van der Waals surface area contributed by atoms with Gasteiger partial charge in [0.15, 0.2) is 5.79 Å². The standard InChI is InChI=1S/C17H34O3/c1-3-4-5-6-7-8-9-10-11-12-16(18)15-17(2)19-13-14-20-17/h16,18H,3-15H2,1-2H3/t16-/m1/s1. The van der Waals surface area contributed by atoms with Gasteiger partial charge in [0.25, 0.3) is 0 Å². The predicted molar refractivity (Wildman–Crippen MR) is 82.8 cm³/mol. The second-order valence-electron chi connectivity index (χ2n) is 6.31. The fourth-order valence-electron chi connectivity index (χ4n) is 2.90. The van der Waals surface area contributed by atoms with Crippen LogP contribution < -0.4 is 0 Å². The molecule has 3 nitrogen and oxygen atoms in total. The summed E-state index contributed by atoms with van der Waals surface area (Å²) >= 11 is 0. The van der Waals surface area contributed by atoms with Gasteiger partial charge in [-0.05, 0) is 13.3 Å². The van der Waals surface area contributed by atoms with Crippen LogP contribution in [-0.4, -0.2) is 30.2 Å². The molecule has 0 unspecified atom stereocenters. The fourth-order valence-corrected chi connectivity index (χ4v) is 2.90. The van der Waals surface area contributed by atoms with E-state index in [1.807, 2.05) is 6.92 Å². The van der Waals surface area contributed by atoms with Gasteiger partial charge in [-0.2, -0.15) is 0 Å². The highest BCUT2D eigenvalue weighted by Crippen LogP contribution is 2.25. The number of ether oxygens (including phenoxy) is 2. The summed E-state index contributed by atoms with van der Waals surface area (Å²) in [6.45, 7) is 5.50. The molecule has 0 aliphatic carbocycles. The Labute approximate surface area is 125 Å². The molecular formula is C17H34O3. The lowest BCUT2D eigenvalue weighted by molar-refractivity contribution is -0.163. The van der Waals surface area contributed by atoms with Crippen molar-refractivity contribution in [1.82, 2.24) is 0 Å². The van der Waals surface area contributed by atoms with Gasteiger partial charge in [-0.15, -0.1) is 0 Å². The van der Waals surface area contributed by atoms with Crippen LogP contribution in [0.3, 0.4) is 0 Å². The van der Waals surface area contributed by atoms with E-state index < -0.39 is 5.79 Å². The lowest BCUT2D eigenvalue weighted by atomic mass is 10.0. The predicted octanol–water partition coefficient (Wildman–Crippen LogP) is 4.42. The average molecular weight is 286 g/mol. The Morgan fingerprint density at radius 1 is 0.900 bits per heavy atom. The molecule has 0 radical (unpaired) electrons. The monoisotopic (exact) mass is 286 g/mol. The van der Waals surface area contributed by atoms with Crippen molar-refractivity contribution in [2.45, 2.75) is 96.4 Å². The highest BCUT2D eigenvalue weighted by atomic mass is 16.7. The minimum absolute atomic E-state index is 0.289. The quantitative estimate of drug-likeness (QED) is 0.540. The van der Waals surface area contributed by atoms with Crippen LogP contribution in [0.15, 0.2) is 0 Å². The summed E-state index contributed by atoms with van der Waals surface area (Å²) < 4.78 is 11.0. The van der Waals surface area contributed by atoms with Gasteiger partial charge in [0, 0.05) is 6.42 Å². The van der Waals surface area contributed by atoms with Crippen molar-refractivity contribution in [2.24, 2.45) is 0 Å². The summed E-state index contributed by atoms with van der Waals surface area (Å²) in [5.41, 5.74) is 0. The number of aliphatic hydroxyl groups excluding tert-OH is 1. The van der Waals surface area contributed by atoms with E-state index >= 15 is 0 Å². The van der Waals surface area contributed by atoms with Gasteiger partial charge in [0.1, 0.15) is 0 Å². The summed E-state index contributed by atoms with van der Waals surface area (Å²) in [5.74, 6) is -0.543. The van der Waals surface area contributed by atoms with Crippen molar-refractivity contribution in [3.8, 4) is 0 Å². The van der Waals surface area contributed by atoms with Gasteiger partial charge in [-0.25, -0.2) is 0 Å². The third-order valence-corrected chi connectivity index (χ3v) is 4.15. The van der Waals surface area contributed by atoms with Gasteiger partial charge in [0.2, 0.25) is 0 Å². The van der Waals surface area contributed by atoms with Crippen LogP contribution in [0.1, 0.15) is 84.5 Å². The van der Waals surface area contributed by atoms with Crippen LogP contribution in [0, 0.1) is 0 Å². The number of aliphatic hydroxyl groups is 1. The molecule has 1 saturated heterocycles. The summed E-state index contributed by atoms with van der Waals surface area (Å²) in [6, 6.07) is 0. The minimum atomic E-state index is -0.543. The van der Waals surface area contributed by atoms with E-state index in [1.165, 1.54) is 51.4 Å². The molecular weight excluding hydrogens is 252 g/mol. The van der Waals surface area contributed by atoms with E-state index in [1.54, 1.807) is 0 Å². The van der Waals surface area contributed by atoms with Crippen LogP contribution in [0.5, 0.6) is 0 Å². The normalized spacial score (nSPS) is 19.4. The molecule has 0 aromatic carbocycles.